The van der Waals surface area contributed by atoms with Gasteiger partial charge in [0.25, 0.3) is 0 Å². The van der Waals surface area contributed by atoms with Crippen LogP contribution in [0.15, 0.2) is 17.5 Å². The average Bonchev–Trinajstić information content (AvgIpc) is 2.73. The van der Waals surface area contributed by atoms with Gasteiger partial charge in [0.1, 0.15) is 0 Å². The molecule has 1 rings (SSSR count). The highest BCUT2D eigenvalue weighted by Crippen LogP contribution is 2.24. The summed E-state index contributed by atoms with van der Waals surface area (Å²) in [6, 6.07) is 4.25. The molecule has 0 radical (unpaired) electrons. The lowest BCUT2D eigenvalue weighted by Crippen LogP contribution is -2.33. The number of nitrogens with one attached hydrogen (secondary N) is 1. The van der Waals surface area contributed by atoms with Crippen molar-refractivity contribution in [2.24, 2.45) is 0 Å². The summed E-state index contributed by atoms with van der Waals surface area (Å²) in [5.41, 5.74) is 0. The van der Waals surface area contributed by atoms with Gasteiger partial charge >= 0.3 is 0 Å². The molecule has 86 valence electrons. The van der Waals surface area contributed by atoms with E-state index in [4.69, 9.17) is 9.47 Å². The summed E-state index contributed by atoms with van der Waals surface area (Å²) in [5.74, 6) is 0. The van der Waals surface area contributed by atoms with E-state index in [2.05, 4.69) is 16.8 Å². The Bertz CT molecular complexity index is 245. The third kappa shape index (κ3) is 3.57. The van der Waals surface area contributed by atoms with Crippen LogP contribution in [-0.2, 0) is 9.47 Å². The molecule has 0 saturated carbocycles. The van der Waals surface area contributed by atoms with E-state index in [0.29, 0.717) is 13.2 Å². The summed E-state index contributed by atoms with van der Waals surface area (Å²) in [7, 11) is 1.93. The predicted octanol–water partition coefficient (Wildman–Crippen LogP) is 2.41. The molecule has 15 heavy (non-hydrogen) atoms. The first-order valence-corrected chi connectivity index (χ1v) is 6.15. The van der Waals surface area contributed by atoms with Crippen LogP contribution in [0.1, 0.15) is 24.8 Å². The van der Waals surface area contributed by atoms with Crippen molar-refractivity contribution in [2.45, 2.75) is 26.2 Å². The smallest absolute Gasteiger partial charge is 0.177 e. The van der Waals surface area contributed by atoms with E-state index < -0.39 is 0 Å². The largest absolute Gasteiger partial charge is 0.351 e. The molecule has 0 aliphatic carbocycles. The minimum absolute atomic E-state index is 0.116. The third-order valence-corrected chi connectivity index (χ3v) is 3.05. The molecule has 1 aromatic heterocycles. The summed E-state index contributed by atoms with van der Waals surface area (Å²) < 4.78 is 11.2. The Labute approximate surface area is 95.4 Å². The lowest BCUT2D eigenvalue weighted by molar-refractivity contribution is -0.153. The molecule has 1 atom stereocenters. The predicted molar refractivity (Wildman–Crippen MR) is 63.2 cm³/mol. The molecule has 0 saturated heterocycles. The van der Waals surface area contributed by atoms with E-state index >= 15 is 0 Å². The number of rotatable bonds is 7. The van der Waals surface area contributed by atoms with E-state index in [9.17, 15) is 0 Å². The van der Waals surface area contributed by atoms with Crippen molar-refractivity contribution in [2.75, 3.05) is 20.3 Å². The Hall–Kier alpha value is -0.420. The van der Waals surface area contributed by atoms with Crippen molar-refractivity contribution in [1.82, 2.24) is 5.32 Å². The molecule has 0 fully saturated rings. The van der Waals surface area contributed by atoms with Gasteiger partial charge in [0.05, 0.1) is 6.04 Å². The Morgan fingerprint density at radius 2 is 2.00 bits per heavy atom. The highest BCUT2D eigenvalue weighted by Gasteiger charge is 2.23. The van der Waals surface area contributed by atoms with E-state index in [1.54, 1.807) is 11.3 Å². The quantitative estimate of drug-likeness (QED) is 0.728. The van der Waals surface area contributed by atoms with Crippen LogP contribution < -0.4 is 5.32 Å². The fraction of sp³-hybridized carbons (Fsp3) is 0.636. The van der Waals surface area contributed by atoms with Crippen molar-refractivity contribution in [3.63, 3.8) is 0 Å². The van der Waals surface area contributed by atoms with Crippen LogP contribution in [0.25, 0.3) is 0 Å². The number of thiophene rings is 1. The van der Waals surface area contributed by atoms with Crippen LogP contribution >= 0.6 is 11.3 Å². The van der Waals surface area contributed by atoms with Crippen LogP contribution in [-0.4, -0.2) is 26.6 Å². The zero-order valence-corrected chi connectivity index (χ0v) is 10.3. The van der Waals surface area contributed by atoms with Gasteiger partial charge in [-0.15, -0.1) is 11.3 Å². The topological polar surface area (TPSA) is 30.5 Å². The second-order valence-electron chi connectivity index (χ2n) is 3.06. The fourth-order valence-electron chi connectivity index (χ4n) is 1.45. The molecule has 1 heterocycles. The number of ether oxygens (including phenoxy) is 2. The van der Waals surface area contributed by atoms with Crippen molar-refractivity contribution < 1.29 is 9.47 Å². The first-order chi connectivity index (χ1) is 7.33. The van der Waals surface area contributed by atoms with E-state index in [1.807, 2.05) is 27.0 Å². The maximum atomic E-state index is 5.58. The SMILES string of the molecule is CCOC(OCC)C(NC)c1cccs1. The monoisotopic (exact) mass is 229 g/mol. The lowest BCUT2D eigenvalue weighted by Gasteiger charge is -2.25. The Morgan fingerprint density at radius 3 is 2.40 bits per heavy atom. The normalized spacial score (nSPS) is 13.3. The van der Waals surface area contributed by atoms with Gasteiger partial charge in [-0.2, -0.15) is 0 Å². The molecule has 1 aromatic rings. The minimum atomic E-state index is -0.205. The molecule has 0 aromatic carbocycles. The van der Waals surface area contributed by atoms with Crippen LogP contribution in [0.2, 0.25) is 0 Å². The molecular weight excluding hydrogens is 210 g/mol. The molecule has 1 unspecified atom stereocenters. The summed E-state index contributed by atoms with van der Waals surface area (Å²) in [4.78, 5) is 1.24. The van der Waals surface area contributed by atoms with Crippen LogP contribution in [0.5, 0.6) is 0 Å². The molecule has 1 N–H and O–H groups in total. The molecule has 0 aliphatic heterocycles. The van der Waals surface area contributed by atoms with Crippen LogP contribution in [0, 0.1) is 0 Å². The maximum absolute atomic E-state index is 5.58. The summed E-state index contributed by atoms with van der Waals surface area (Å²) in [6.45, 7) is 5.28. The summed E-state index contributed by atoms with van der Waals surface area (Å²) in [5, 5.41) is 5.30. The average molecular weight is 229 g/mol. The van der Waals surface area contributed by atoms with Gasteiger partial charge in [-0.25, -0.2) is 0 Å². The number of likely N-dealkylation sites (N-methyl/N-ethyl adjacent to an activating group) is 1. The highest BCUT2D eigenvalue weighted by atomic mass is 32.1. The van der Waals surface area contributed by atoms with Gasteiger partial charge in [0.15, 0.2) is 6.29 Å². The molecule has 0 spiro atoms. The van der Waals surface area contributed by atoms with Crippen molar-refractivity contribution in [3.05, 3.63) is 22.4 Å². The summed E-state index contributed by atoms with van der Waals surface area (Å²) in [6.07, 6.45) is -0.205. The Balaban J connectivity index is 2.69. The first-order valence-electron chi connectivity index (χ1n) is 5.27. The molecule has 0 amide bonds. The van der Waals surface area contributed by atoms with Crippen LogP contribution in [0.3, 0.4) is 0 Å². The zero-order valence-electron chi connectivity index (χ0n) is 9.53. The maximum Gasteiger partial charge on any atom is 0.177 e. The highest BCUT2D eigenvalue weighted by molar-refractivity contribution is 7.10. The standard InChI is InChI=1S/C11H19NO2S/c1-4-13-11(14-5-2)10(12-3)9-7-6-8-15-9/h6-8,10-12H,4-5H2,1-3H3. The molecule has 0 aliphatic rings. The minimum Gasteiger partial charge on any atom is -0.351 e. The molecule has 3 nitrogen and oxygen atoms in total. The van der Waals surface area contributed by atoms with Gasteiger partial charge < -0.3 is 14.8 Å². The number of hydrogen-bond donors (Lipinski definition) is 1. The van der Waals surface area contributed by atoms with Gasteiger partial charge in [-0.3, -0.25) is 0 Å². The van der Waals surface area contributed by atoms with E-state index in [1.165, 1.54) is 4.88 Å². The third-order valence-electron chi connectivity index (χ3n) is 2.09. The van der Waals surface area contributed by atoms with Crippen LogP contribution in [0.4, 0.5) is 0 Å². The van der Waals surface area contributed by atoms with Gasteiger partial charge in [0, 0.05) is 18.1 Å². The van der Waals surface area contributed by atoms with Gasteiger partial charge in [0.2, 0.25) is 0 Å². The van der Waals surface area contributed by atoms with Crippen molar-refractivity contribution >= 4 is 11.3 Å². The van der Waals surface area contributed by atoms with Crippen molar-refractivity contribution in [3.8, 4) is 0 Å². The number of hydrogen-bond acceptors (Lipinski definition) is 4. The Kier molecular flexibility index (Phi) is 5.86. The van der Waals surface area contributed by atoms with Gasteiger partial charge in [-0.05, 0) is 32.3 Å². The first kappa shape index (κ1) is 12.6. The van der Waals surface area contributed by atoms with E-state index in [0.717, 1.165) is 0 Å². The van der Waals surface area contributed by atoms with Gasteiger partial charge in [-0.1, -0.05) is 6.07 Å². The summed E-state index contributed by atoms with van der Waals surface area (Å²) >= 11 is 1.71. The molecular formula is C11H19NO2S. The van der Waals surface area contributed by atoms with Crippen molar-refractivity contribution in [1.29, 1.82) is 0 Å². The lowest BCUT2D eigenvalue weighted by atomic mass is 10.2. The second-order valence-corrected chi connectivity index (χ2v) is 4.04. The fourth-order valence-corrected chi connectivity index (χ4v) is 2.30. The second kappa shape index (κ2) is 6.95. The molecule has 0 bridgehead atoms. The Morgan fingerprint density at radius 1 is 1.33 bits per heavy atom. The zero-order chi connectivity index (χ0) is 11.1. The molecule has 4 heteroatoms. The van der Waals surface area contributed by atoms with E-state index in [-0.39, 0.29) is 12.3 Å².